The molecule has 0 saturated heterocycles. The van der Waals surface area contributed by atoms with E-state index in [9.17, 15) is 9.59 Å². The molecular formula is C26H28N6O2S. The Hall–Kier alpha value is -3.72. The van der Waals surface area contributed by atoms with Crippen molar-refractivity contribution in [3.05, 3.63) is 82.7 Å². The van der Waals surface area contributed by atoms with Gasteiger partial charge in [-0.3, -0.25) is 14.6 Å². The molecule has 0 aliphatic rings. The first kappa shape index (κ1) is 24.4. The number of thioether (sulfide) groups is 1. The Morgan fingerprint density at radius 1 is 1.14 bits per heavy atom. The fourth-order valence-electron chi connectivity index (χ4n) is 4.13. The van der Waals surface area contributed by atoms with E-state index in [0.29, 0.717) is 17.9 Å². The second kappa shape index (κ2) is 10.7. The summed E-state index contributed by atoms with van der Waals surface area (Å²) in [7, 11) is 3.35. The van der Waals surface area contributed by atoms with Gasteiger partial charge in [0, 0.05) is 61.4 Å². The van der Waals surface area contributed by atoms with E-state index in [1.165, 1.54) is 17.0 Å². The van der Waals surface area contributed by atoms with Gasteiger partial charge < -0.3 is 15.2 Å². The zero-order valence-corrected chi connectivity index (χ0v) is 21.0. The van der Waals surface area contributed by atoms with Crippen molar-refractivity contribution in [2.75, 3.05) is 25.2 Å². The van der Waals surface area contributed by atoms with Gasteiger partial charge in [-0.2, -0.15) is 11.8 Å². The van der Waals surface area contributed by atoms with E-state index in [1.54, 1.807) is 50.4 Å². The predicted molar refractivity (Wildman–Crippen MR) is 142 cm³/mol. The molecule has 0 spiro atoms. The SMILES string of the molecule is CNC(=O)c1ccnc2c(C(C)C(CNc3cc(-c4ccc(=O)n(C)c4)ncn3)SC)cccc12. The number of carbonyl (C=O) groups excluding carboxylic acids is 1. The van der Waals surface area contributed by atoms with E-state index in [2.05, 4.69) is 44.8 Å². The Morgan fingerprint density at radius 2 is 1.97 bits per heavy atom. The fourth-order valence-corrected chi connectivity index (χ4v) is 4.93. The standard InChI is InChI=1S/C26H28N6O2S/c1-16(18-6-5-7-19-20(26(34)27-2)10-11-28-25(18)19)22(35-4)13-29-23-12-21(30-15-31-23)17-8-9-24(33)32(3)14-17/h5-12,14-16,22H,13H2,1-4H3,(H,27,34)(H,29,30,31). The highest BCUT2D eigenvalue weighted by Crippen LogP contribution is 2.32. The zero-order chi connectivity index (χ0) is 24.9. The molecule has 3 aromatic heterocycles. The van der Waals surface area contributed by atoms with Crippen molar-refractivity contribution >= 4 is 34.4 Å². The number of fused-ring (bicyclic) bond motifs is 1. The van der Waals surface area contributed by atoms with E-state index >= 15 is 0 Å². The van der Waals surface area contributed by atoms with Crippen LogP contribution in [0.4, 0.5) is 5.82 Å². The molecule has 9 heteroatoms. The summed E-state index contributed by atoms with van der Waals surface area (Å²) in [6.07, 6.45) is 7.07. The molecule has 3 heterocycles. The maximum absolute atomic E-state index is 12.3. The molecular weight excluding hydrogens is 460 g/mol. The minimum Gasteiger partial charge on any atom is -0.369 e. The van der Waals surface area contributed by atoms with Crippen LogP contribution in [0.25, 0.3) is 22.2 Å². The molecule has 2 unspecified atom stereocenters. The highest BCUT2D eigenvalue weighted by atomic mass is 32.2. The van der Waals surface area contributed by atoms with Crippen LogP contribution >= 0.6 is 11.8 Å². The van der Waals surface area contributed by atoms with Crippen LogP contribution in [-0.4, -0.2) is 50.5 Å². The molecule has 35 heavy (non-hydrogen) atoms. The summed E-state index contributed by atoms with van der Waals surface area (Å²) in [5.41, 5.74) is 4.09. The number of hydrogen-bond acceptors (Lipinski definition) is 7. The Morgan fingerprint density at radius 3 is 2.71 bits per heavy atom. The van der Waals surface area contributed by atoms with Gasteiger partial charge in [0.1, 0.15) is 12.1 Å². The van der Waals surface area contributed by atoms with Gasteiger partial charge in [0.15, 0.2) is 0 Å². The molecule has 8 nitrogen and oxygen atoms in total. The van der Waals surface area contributed by atoms with E-state index in [-0.39, 0.29) is 22.6 Å². The van der Waals surface area contributed by atoms with E-state index in [0.717, 1.165) is 27.7 Å². The van der Waals surface area contributed by atoms with Gasteiger partial charge in [0.25, 0.3) is 5.91 Å². The smallest absolute Gasteiger partial charge is 0.251 e. The Balaban J connectivity index is 1.56. The zero-order valence-electron chi connectivity index (χ0n) is 20.1. The van der Waals surface area contributed by atoms with E-state index in [4.69, 9.17) is 0 Å². The highest BCUT2D eigenvalue weighted by molar-refractivity contribution is 7.99. The van der Waals surface area contributed by atoms with Crippen molar-refractivity contribution in [1.29, 1.82) is 0 Å². The minimum atomic E-state index is -0.122. The van der Waals surface area contributed by atoms with Crippen LogP contribution in [0.15, 0.2) is 66.0 Å². The summed E-state index contributed by atoms with van der Waals surface area (Å²) < 4.78 is 1.53. The Bertz CT molecular complexity index is 1420. The van der Waals surface area contributed by atoms with Crippen molar-refractivity contribution in [1.82, 2.24) is 24.8 Å². The molecule has 1 amide bonds. The largest absolute Gasteiger partial charge is 0.369 e. The average molecular weight is 489 g/mol. The molecule has 2 N–H and O–H groups in total. The van der Waals surface area contributed by atoms with Crippen molar-refractivity contribution < 1.29 is 4.79 Å². The quantitative estimate of drug-likeness (QED) is 0.390. The van der Waals surface area contributed by atoms with Crippen molar-refractivity contribution in [2.24, 2.45) is 7.05 Å². The van der Waals surface area contributed by atoms with Gasteiger partial charge in [-0.1, -0.05) is 25.1 Å². The first-order valence-electron chi connectivity index (χ1n) is 11.3. The summed E-state index contributed by atoms with van der Waals surface area (Å²) in [4.78, 5) is 37.4. The van der Waals surface area contributed by atoms with Crippen LogP contribution in [0.1, 0.15) is 28.8 Å². The van der Waals surface area contributed by atoms with Crippen LogP contribution in [-0.2, 0) is 7.05 Å². The fraction of sp³-hybridized carbons (Fsp3) is 0.269. The lowest BCUT2D eigenvalue weighted by Gasteiger charge is -2.24. The summed E-state index contributed by atoms with van der Waals surface area (Å²) >= 11 is 1.77. The molecule has 0 aliphatic carbocycles. The van der Waals surface area contributed by atoms with Gasteiger partial charge in [0.05, 0.1) is 16.8 Å². The number of aromatic nitrogens is 4. The second-order valence-corrected chi connectivity index (χ2v) is 9.36. The number of rotatable bonds is 8. The summed E-state index contributed by atoms with van der Waals surface area (Å²) in [6, 6.07) is 12.9. The molecule has 4 rings (SSSR count). The van der Waals surface area contributed by atoms with Gasteiger partial charge in [-0.15, -0.1) is 0 Å². The predicted octanol–water partition coefficient (Wildman–Crippen LogP) is 3.70. The number of amides is 1. The third-order valence-electron chi connectivity index (χ3n) is 6.16. The number of anilines is 1. The Labute approximate surface area is 208 Å². The third-order valence-corrected chi connectivity index (χ3v) is 7.34. The van der Waals surface area contributed by atoms with Crippen molar-refractivity contribution in [2.45, 2.75) is 18.1 Å². The van der Waals surface area contributed by atoms with Crippen LogP contribution in [0.3, 0.4) is 0 Å². The van der Waals surface area contributed by atoms with Crippen molar-refractivity contribution in [3.8, 4) is 11.3 Å². The summed E-state index contributed by atoms with van der Waals surface area (Å²) in [5.74, 6) is 0.759. The van der Waals surface area contributed by atoms with Crippen LogP contribution in [0, 0.1) is 0 Å². The number of pyridine rings is 2. The summed E-state index contributed by atoms with van der Waals surface area (Å²) in [6.45, 7) is 2.86. The lowest BCUT2D eigenvalue weighted by atomic mass is 9.93. The number of para-hydroxylation sites is 1. The van der Waals surface area contributed by atoms with Gasteiger partial charge >= 0.3 is 0 Å². The molecule has 0 saturated carbocycles. The normalized spacial score (nSPS) is 12.8. The second-order valence-electron chi connectivity index (χ2n) is 8.28. The maximum Gasteiger partial charge on any atom is 0.251 e. The minimum absolute atomic E-state index is 0.0664. The lowest BCUT2D eigenvalue weighted by Crippen LogP contribution is -2.23. The molecule has 0 aliphatic heterocycles. The molecule has 0 fully saturated rings. The third kappa shape index (κ3) is 5.19. The Kier molecular flexibility index (Phi) is 7.45. The van der Waals surface area contributed by atoms with Crippen LogP contribution in [0.2, 0.25) is 0 Å². The molecule has 4 aromatic rings. The van der Waals surface area contributed by atoms with E-state index < -0.39 is 0 Å². The number of aryl methyl sites for hydroxylation is 1. The monoisotopic (exact) mass is 488 g/mol. The number of nitrogens with one attached hydrogen (secondary N) is 2. The first-order valence-corrected chi connectivity index (χ1v) is 12.6. The van der Waals surface area contributed by atoms with Gasteiger partial charge in [-0.25, -0.2) is 9.97 Å². The number of nitrogens with zero attached hydrogens (tertiary/aromatic N) is 4. The van der Waals surface area contributed by atoms with Gasteiger partial charge in [-0.05, 0) is 29.9 Å². The van der Waals surface area contributed by atoms with E-state index in [1.807, 2.05) is 18.2 Å². The molecule has 2 atom stereocenters. The number of benzene rings is 1. The molecule has 0 radical (unpaired) electrons. The first-order chi connectivity index (χ1) is 16.9. The lowest BCUT2D eigenvalue weighted by molar-refractivity contribution is 0.0964. The highest BCUT2D eigenvalue weighted by Gasteiger charge is 2.22. The van der Waals surface area contributed by atoms with Crippen LogP contribution < -0.4 is 16.2 Å². The van der Waals surface area contributed by atoms with Crippen LogP contribution in [0.5, 0.6) is 0 Å². The average Bonchev–Trinajstić information content (AvgIpc) is 2.89. The number of carbonyl (C=O) groups is 1. The topological polar surface area (TPSA) is 102 Å². The molecule has 180 valence electrons. The number of hydrogen-bond donors (Lipinski definition) is 2. The molecule has 1 aromatic carbocycles. The summed E-state index contributed by atoms with van der Waals surface area (Å²) in [5, 5.41) is 7.22. The van der Waals surface area contributed by atoms with Gasteiger partial charge in [0.2, 0.25) is 5.56 Å². The van der Waals surface area contributed by atoms with Crippen molar-refractivity contribution in [3.63, 3.8) is 0 Å². The maximum atomic E-state index is 12.3. The molecule has 0 bridgehead atoms.